The molecule has 1 aliphatic heterocycles. The number of anilines is 2. The van der Waals surface area contributed by atoms with Crippen LogP contribution in [0.4, 0.5) is 16.4 Å². The first-order chi connectivity index (χ1) is 23.8. The number of nitrogens with zero attached hydrogens (tertiary/aromatic N) is 7. The molecule has 5 rings (SSSR count). The minimum absolute atomic E-state index is 0.135. The molecule has 15 nitrogen and oxygen atoms in total. The van der Waals surface area contributed by atoms with Gasteiger partial charge in [-0.2, -0.15) is 5.26 Å². The lowest BCUT2D eigenvalue weighted by atomic mass is 9.82. The van der Waals surface area contributed by atoms with Crippen molar-refractivity contribution < 1.29 is 23.7 Å². The van der Waals surface area contributed by atoms with E-state index in [1.54, 1.807) is 20.0 Å². The van der Waals surface area contributed by atoms with Gasteiger partial charge in [0.25, 0.3) is 0 Å². The Kier molecular flexibility index (Phi) is 12.9. The van der Waals surface area contributed by atoms with Crippen LogP contribution in [0, 0.1) is 16.7 Å². The van der Waals surface area contributed by atoms with Gasteiger partial charge < -0.3 is 34.9 Å². The quantitative estimate of drug-likeness (QED) is 0.178. The first kappa shape index (κ1) is 36.2. The number of nitrogens with one attached hydrogen (secondary N) is 3. The zero-order valence-corrected chi connectivity index (χ0v) is 29.0. The van der Waals surface area contributed by atoms with E-state index < -0.39 is 17.8 Å². The van der Waals surface area contributed by atoms with E-state index in [9.17, 15) is 10.1 Å². The number of carbonyl (C=O) groups excluding carboxylic acids is 1. The highest BCUT2D eigenvalue weighted by molar-refractivity contribution is 6.33. The van der Waals surface area contributed by atoms with E-state index in [0.29, 0.717) is 61.9 Å². The Morgan fingerprint density at radius 2 is 1.96 bits per heavy atom. The summed E-state index contributed by atoms with van der Waals surface area (Å²) in [5, 5.41) is 33.1. The van der Waals surface area contributed by atoms with Crippen molar-refractivity contribution in [2.75, 3.05) is 43.6 Å². The Labute approximate surface area is 291 Å². The Morgan fingerprint density at radius 1 is 1.18 bits per heavy atom. The van der Waals surface area contributed by atoms with Gasteiger partial charge >= 0.3 is 6.16 Å². The molecule has 3 aromatic rings. The van der Waals surface area contributed by atoms with Crippen LogP contribution in [0.25, 0.3) is 11.3 Å². The molecule has 4 heterocycles. The third kappa shape index (κ3) is 10.4. The monoisotopic (exact) mass is 696 g/mol. The SMILES string of the molecule is CCOC(=O)O[C@@H](C)n1nnc(COC[C@@H](C)NC2CCC(Nc3cc(-c4cccc(NCC5(C#N)CCOCC5)n4)c(Cl)cn3)CC2)n1. The van der Waals surface area contributed by atoms with Crippen molar-refractivity contribution in [2.24, 2.45) is 5.41 Å². The van der Waals surface area contributed by atoms with E-state index in [1.807, 2.05) is 24.3 Å². The second kappa shape index (κ2) is 17.5. The van der Waals surface area contributed by atoms with Crippen molar-refractivity contribution >= 4 is 29.4 Å². The van der Waals surface area contributed by atoms with E-state index >= 15 is 0 Å². The van der Waals surface area contributed by atoms with Gasteiger partial charge in [-0.3, -0.25) is 0 Å². The Bertz CT molecular complexity index is 1550. The molecule has 264 valence electrons. The fraction of sp³-hybridized carbons (Fsp3) is 0.606. The second-order valence-electron chi connectivity index (χ2n) is 12.5. The summed E-state index contributed by atoms with van der Waals surface area (Å²) < 4.78 is 21.1. The van der Waals surface area contributed by atoms with E-state index in [1.165, 1.54) is 4.80 Å². The number of pyridine rings is 2. The number of tetrazole rings is 1. The second-order valence-corrected chi connectivity index (χ2v) is 12.9. The average molecular weight is 697 g/mol. The summed E-state index contributed by atoms with van der Waals surface area (Å²) in [5.41, 5.74) is 1.08. The van der Waals surface area contributed by atoms with Crippen LogP contribution in [0.2, 0.25) is 5.02 Å². The third-order valence-corrected chi connectivity index (χ3v) is 9.00. The van der Waals surface area contributed by atoms with Gasteiger partial charge in [0.05, 0.1) is 35.4 Å². The summed E-state index contributed by atoms with van der Waals surface area (Å²) in [6, 6.07) is 11.0. The number of hydrogen-bond acceptors (Lipinski definition) is 14. The van der Waals surface area contributed by atoms with Crippen molar-refractivity contribution in [2.45, 2.75) is 90.3 Å². The average Bonchev–Trinajstić information content (AvgIpc) is 3.59. The molecule has 1 saturated heterocycles. The van der Waals surface area contributed by atoms with Gasteiger partial charge in [-0.05, 0) is 82.7 Å². The fourth-order valence-electron chi connectivity index (χ4n) is 5.94. The first-order valence-corrected chi connectivity index (χ1v) is 17.2. The zero-order valence-electron chi connectivity index (χ0n) is 28.2. The molecule has 1 saturated carbocycles. The highest BCUT2D eigenvalue weighted by Gasteiger charge is 2.32. The van der Waals surface area contributed by atoms with Gasteiger partial charge in [0.1, 0.15) is 18.2 Å². The lowest BCUT2D eigenvalue weighted by molar-refractivity contribution is -0.00552. The van der Waals surface area contributed by atoms with Crippen molar-refractivity contribution in [1.29, 1.82) is 5.26 Å². The maximum atomic E-state index is 11.5. The highest BCUT2D eigenvalue weighted by atomic mass is 35.5. The molecule has 0 spiro atoms. The van der Waals surface area contributed by atoms with Gasteiger partial charge in [0.2, 0.25) is 12.1 Å². The number of rotatable bonds is 15. The normalized spacial score (nSPS) is 20.1. The predicted molar refractivity (Wildman–Crippen MR) is 182 cm³/mol. The summed E-state index contributed by atoms with van der Waals surface area (Å²) in [6.45, 7) is 8.03. The molecule has 3 aromatic heterocycles. The van der Waals surface area contributed by atoms with Crippen molar-refractivity contribution in [1.82, 2.24) is 35.5 Å². The van der Waals surface area contributed by atoms with Crippen LogP contribution in [0.5, 0.6) is 0 Å². The summed E-state index contributed by atoms with van der Waals surface area (Å²) >= 11 is 6.59. The summed E-state index contributed by atoms with van der Waals surface area (Å²) in [5.74, 6) is 1.86. The first-order valence-electron chi connectivity index (χ1n) is 16.8. The minimum atomic E-state index is -0.785. The summed E-state index contributed by atoms with van der Waals surface area (Å²) in [4.78, 5) is 22.1. The molecule has 2 fully saturated rings. The van der Waals surface area contributed by atoms with Crippen LogP contribution in [0.3, 0.4) is 0 Å². The molecule has 0 aromatic carbocycles. The molecule has 0 bridgehead atoms. The summed E-state index contributed by atoms with van der Waals surface area (Å²) in [6.07, 6.45) is 5.56. The largest absolute Gasteiger partial charge is 0.510 e. The maximum absolute atomic E-state index is 11.5. The molecule has 49 heavy (non-hydrogen) atoms. The standard InChI is InChI=1S/C33H45ClN10O5/c1-4-48-32(45)49-23(3)44-42-31(41-43-44)19-47-18-22(2)38-24-8-10-25(11-9-24)39-30-16-26(27(34)17-36-30)28-6-5-7-29(40-28)37-21-33(20-35)12-14-46-15-13-33/h5-7,16-17,22-25,38H,4,8-15,18-19,21H2,1-3H3,(H,36,39)(H,37,40)/t22-,23+,24?,25?/m1/s1. The molecule has 2 aliphatic rings. The predicted octanol–water partition coefficient (Wildman–Crippen LogP) is 5.13. The maximum Gasteiger partial charge on any atom is 0.510 e. The van der Waals surface area contributed by atoms with Gasteiger partial charge in [0, 0.05) is 49.6 Å². The fourth-order valence-corrected chi connectivity index (χ4v) is 6.14. The summed E-state index contributed by atoms with van der Waals surface area (Å²) in [7, 11) is 0. The molecule has 1 aliphatic carbocycles. The van der Waals surface area contributed by atoms with Crippen molar-refractivity contribution in [3.05, 3.63) is 41.3 Å². The van der Waals surface area contributed by atoms with Crippen molar-refractivity contribution in [3.63, 3.8) is 0 Å². The van der Waals surface area contributed by atoms with E-state index in [0.717, 1.165) is 42.8 Å². The van der Waals surface area contributed by atoms with Crippen LogP contribution >= 0.6 is 11.6 Å². The molecule has 16 heteroatoms. The van der Waals surface area contributed by atoms with Crippen LogP contribution in [0.1, 0.15) is 71.3 Å². The Hall–Kier alpha value is -4.10. The van der Waals surface area contributed by atoms with E-state index in [2.05, 4.69) is 49.3 Å². The van der Waals surface area contributed by atoms with Crippen LogP contribution in [-0.2, 0) is 25.6 Å². The van der Waals surface area contributed by atoms with Crippen molar-refractivity contribution in [3.8, 4) is 17.3 Å². The number of nitriles is 1. The molecule has 0 amide bonds. The number of aromatic nitrogens is 6. The van der Waals surface area contributed by atoms with E-state index in [-0.39, 0.29) is 25.3 Å². The lowest BCUT2D eigenvalue weighted by Gasteiger charge is -2.32. The van der Waals surface area contributed by atoms with E-state index in [4.69, 9.17) is 35.5 Å². The number of halogens is 1. The highest BCUT2D eigenvalue weighted by Crippen LogP contribution is 2.32. The lowest BCUT2D eigenvalue weighted by Crippen LogP contribution is -2.43. The Balaban J connectivity index is 1.04. The van der Waals surface area contributed by atoms with Crippen LogP contribution in [0.15, 0.2) is 30.5 Å². The molecule has 0 radical (unpaired) electrons. The Morgan fingerprint density at radius 3 is 2.71 bits per heavy atom. The molecule has 3 N–H and O–H groups in total. The van der Waals surface area contributed by atoms with Gasteiger partial charge in [-0.1, -0.05) is 17.7 Å². The molecule has 2 atom stereocenters. The van der Waals surface area contributed by atoms with Crippen LogP contribution in [-0.4, -0.2) is 87.4 Å². The molecular formula is C33H45ClN10O5. The third-order valence-electron chi connectivity index (χ3n) is 8.70. The number of hydrogen-bond donors (Lipinski definition) is 3. The number of ether oxygens (including phenoxy) is 4. The topological polar surface area (TPSA) is 183 Å². The smallest absolute Gasteiger partial charge is 0.435 e. The number of carbonyl (C=O) groups is 1. The van der Waals surface area contributed by atoms with Gasteiger partial charge in [-0.15, -0.1) is 15.0 Å². The molecular weight excluding hydrogens is 652 g/mol. The van der Waals surface area contributed by atoms with Gasteiger partial charge in [0.15, 0.2) is 0 Å². The molecule has 0 unspecified atom stereocenters. The van der Waals surface area contributed by atoms with Gasteiger partial charge in [-0.25, -0.2) is 14.8 Å². The van der Waals surface area contributed by atoms with Crippen LogP contribution < -0.4 is 16.0 Å². The minimum Gasteiger partial charge on any atom is -0.435 e. The zero-order chi connectivity index (χ0) is 34.6.